The van der Waals surface area contributed by atoms with E-state index in [1.54, 1.807) is 44.2 Å². The molecule has 0 radical (unpaired) electrons. The molecule has 0 unspecified atom stereocenters. The predicted octanol–water partition coefficient (Wildman–Crippen LogP) is 3.88. The Morgan fingerprint density at radius 2 is 1.77 bits per heavy atom. The van der Waals surface area contributed by atoms with Crippen molar-refractivity contribution < 1.29 is 13.2 Å². The molecule has 2 rings (SSSR count). The second kappa shape index (κ2) is 6.62. The number of hydrogen-bond donors (Lipinski definition) is 1. The summed E-state index contributed by atoms with van der Waals surface area (Å²) in [5.41, 5.74) is 0.943. The Morgan fingerprint density at radius 3 is 2.41 bits per heavy atom. The van der Waals surface area contributed by atoms with Gasteiger partial charge in [-0.2, -0.15) is 0 Å². The highest BCUT2D eigenvalue weighted by atomic mass is 79.9. The molecule has 0 saturated heterocycles. The summed E-state index contributed by atoms with van der Waals surface area (Å²) < 4.78 is 25.2. The molecule has 0 saturated carbocycles. The second-order valence-corrected chi connectivity index (χ2v) is 8.51. The van der Waals surface area contributed by atoms with Crippen LogP contribution in [0.15, 0.2) is 57.9 Å². The number of amides is 1. The molecule has 2 aromatic carbocycles. The molecule has 1 N–H and O–H groups in total. The Hall–Kier alpha value is -1.66. The highest BCUT2D eigenvalue weighted by Gasteiger charge is 2.20. The number of carbonyl (C=O) groups is 1. The number of anilines is 1. The maximum atomic E-state index is 12.3. The van der Waals surface area contributed by atoms with E-state index in [9.17, 15) is 13.2 Å². The minimum absolute atomic E-state index is 0.157. The van der Waals surface area contributed by atoms with Crippen LogP contribution in [-0.4, -0.2) is 19.6 Å². The number of sulfone groups is 1. The lowest BCUT2D eigenvalue weighted by molar-refractivity contribution is 0.102. The van der Waals surface area contributed by atoms with Crippen LogP contribution in [0.25, 0.3) is 0 Å². The van der Waals surface area contributed by atoms with E-state index >= 15 is 0 Å². The summed E-state index contributed by atoms with van der Waals surface area (Å²) in [5, 5.41) is 2.21. The number of benzene rings is 2. The van der Waals surface area contributed by atoms with Crippen molar-refractivity contribution in [2.75, 3.05) is 5.32 Å². The second-order valence-electron chi connectivity index (χ2n) is 5.09. The topological polar surface area (TPSA) is 63.2 Å². The van der Waals surface area contributed by atoms with Crippen molar-refractivity contribution in [3.8, 4) is 0 Å². The standard InChI is InChI=1S/C16H16BrNO3S/c1-11(2)22(20,21)15-8-3-5-12(9-15)16(19)18-14-7-4-6-13(17)10-14/h3-11H,1-2H3,(H,18,19). The molecule has 0 bridgehead atoms. The SMILES string of the molecule is CC(C)S(=O)(=O)c1cccc(C(=O)Nc2cccc(Br)c2)c1. The molecule has 0 heterocycles. The quantitative estimate of drug-likeness (QED) is 0.873. The van der Waals surface area contributed by atoms with Crippen LogP contribution in [0.1, 0.15) is 24.2 Å². The van der Waals surface area contributed by atoms with Crippen molar-refractivity contribution in [1.29, 1.82) is 0 Å². The van der Waals surface area contributed by atoms with Gasteiger partial charge in [0.25, 0.3) is 5.91 Å². The Balaban J connectivity index is 2.28. The Kier molecular flexibility index (Phi) is 5.03. The average molecular weight is 382 g/mol. The first-order chi connectivity index (χ1) is 10.3. The van der Waals surface area contributed by atoms with E-state index in [1.807, 2.05) is 6.07 Å². The first-order valence-corrected chi connectivity index (χ1v) is 9.05. The number of hydrogen-bond acceptors (Lipinski definition) is 3. The third-order valence-corrected chi connectivity index (χ3v) is 5.77. The van der Waals surface area contributed by atoms with Gasteiger partial charge in [-0.25, -0.2) is 8.42 Å². The molecular weight excluding hydrogens is 366 g/mol. The van der Waals surface area contributed by atoms with Crippen molar-refractivity contribution in [2.24, 2.45) is 0 Å². The van der Waals surface area contributed by atoms with Crippen molar-refractivity contribution >= 4 is 37.4 Å². The molecule has 0 aliphatic rings. The van der Waals surface area contributed by atoms with Gasteiger partial charge in [0.15, 0.2) is 9.84 Å². The molecule has 0 spiro atoms. The first-order valence-electron chi connectivity index (χ1n) is 6.71. The molecule has 6 heteroatoms. The van der Waals surface area contributed by atoms with Gasteiger partial charge >= 0.3 is 0 Å². The monoisotopic (exact) mass is 381 g/mol. The zero-order valence-electron chi connectivity index (χ0n) is 12.2. The number of rotatable bonds is 4. The average Bonchev–Trinajstić information content (AvgIpc) is 2.47. The Bertz CT molecular complexity index is 801. The lowest BCUT2D eigenvalue weighted by Gasteiger charge is -2.10. The highest BCUT2D eigenvalue weighted by molar-refractivity contribution is 9.10. The number of halogens is 1. The maximum absolute atomic E-state index is 12.3. The fourth-order valence-electron chi connectivity index (χ4n) is 1.86. The summed E-state index contributed by atoms with van der Waals surface area (Å²) in [7, 11) is -3.40. The Labute approximate surface area is 138 Å². The molecule has 116 valence electrons. The summed E-state index contributed by atoms with van der Waals surface area (Å²) >= 11 is 3.33. The molecule has 0 fully saturated rings. The molecule has 0 aromatic heterocycles. The largest absolute Gasteiger partial charge is 0.322 e. The van der Waals surface area contributed by atoms with E-state index in [2.05, 4.69) is 21.2 Å². The summed E-state index contributed by atoms with van der Waals surface area (Å²) in [4.78, 5) is 12.4. The van der Waals surface area contributed by atoms with Gasteiger partial charge in [0.1, 0.15) is 0 Å². The van der Waals surface area contributed by atoms with Crippen molar-refractivity contribution in [3.05, 3.63) is 58.6 Å². The molecule has 0 aliphatic carbocycles. The van der Waals surface area contributed by atoms with E-state index in [4.69, 9.17) is 0 Å². The van der Waals surface area contributed by atoms with Crippen LogP contribution < -0.4 is 5.32 Å². The van der Waals surface area contributed by atoms with E-state index in [1.165, 1.54) is 12.1 Å². The first kappa shape index (κ1) is 16.7. The van der Waals surface area contributed by atoms with Gasteiger partial charge in [0, 0.05) is 15.7 Å². The summed E-state index contributed by atoms with van der Waals surface area (Å²) in [6.07, 6.45) is 0. The van der Waals surface area contributed by atoms with Gasteiger partial charge in [0.05, 0.1) is 10.1 Å². The summed E-state index contributed by atoms with van der Waals surface area (Å²) in [6.45, 7) is 3.23. The lowest BCUT2D eigenvalue weighted by Crippen LogP contribution is -2.16. The van der Waals surface area contributed by atoms with Crippen LogP contribution in [0.5, 0.6) is 0 Å². The smallest absolute Gasteiger partial charge is 0.255 e. The van der Waals surface area contributed by atoms with E-state index in [-0.39, 0.29) is 10.8 Å². The van der Waals surface area contributed by atoms with Crippen LogP contribution in [0.3, 0.4) is 0 Å². The fourth-order valence-corrected chi connectivity index (χ4v) is 3.36. The third kappa shape index (κ3) is 3.75. The third-order valence-electron chi connectivity index (χ3n) is 3.13. The van der Waals surface area contributed by atoms with Crippen LogP contribution in [0.2, 0.25) is 0 Å². The van der Waals surface area contributed by atoms with Gasteiger partial charge in [-0.1, -0.05) is 28.1 Å². The van der Waals surface area contributed by atoms with Gasteiger partial charge in [-0.15, -0.1) is 0 Å². The summed E-state index contributed by atoms with van der Waals surface area (Å²) in [6, 6.07) is 13.3. The number of carbonyl (C=O) groups excluding carboxylic acids is 1. The highest BCUT2D eigenvalue weighted by Crippen LogP contribution is 2.19. The minimum atomic E-state index is -3.40. The van der Waals surface area contributed by atoms with E-state index in [0.29, 0.717) is 11.3 Å². The zero-order valence-corrected chi connectivity index (χ0v) is 14.6. The van der Waals surface area contributed by atoms with Crippen LogP contribution in [0.4, 0.5) is 5.69 Å². The predicted molar refractivity (Wildman–Crippen MR) is 90.9 cm³/mol. The zero-order chi connectivity index (χ0) is 16.3. The van der Waals surface area contributed by atoms with Crippen molar-refractivity contribution in [1.82, 2.24) is 0 Å². The lowest BCUT2D eigenvalue weighted by atomic mass is 10.2. The van der Waals surface area contributed by atoms with Gasteiger partial charge < -0.3 is 5.32 Å². The van der Waals surface area contributed by atoms with E-state index < -0.39 is 15.1 Å². The molecule has 0 atom stereocenters. The summed E-state index contributed by atoms with van der Waals surface area (Å²) in [5.74, 6) is -0.348. The molecule has 0 aliphatic heterocycles. The van der Waals surface area contributed by atoms with Crippen LogP contribution in [-0.2, 0) is 9.84 Å². The number of nitrogens with one attached hydrogen (secondary N) is 1. The van der Waals surface area contributed by atoms with Crippen molar-refractivity contribution in [2.45, 2.75) is 24.0 Å². The fraction of sp³-hybridized carbons (Fsp3) is 0.188. The Morgan fingerprint density at radius 1 is 1.09 bits per heavy atom. The molecule has 2 aromatic rings. The molecule has 1 amide bonds. The molecule has 4 nitrogen and oxygen atoms in total. The maximum Gasteiger partial charge on any atom is 0.255 e. The molecular formula is C16H16BrNO3S. The molecule has 22 heavy (non-hydrogen) atoms. The van der Waals surface area contributed by atoms with Crippen LogP contribution in [0, 0.1) is 0 Å². The van der Waals surface area contributed by atoms with E-state index in [0.717, 1.165) is 4.47 Å². The minimum Gasteiger partial charge on any atom is -0.322 e. The van der Waals surface area contributed by atoms with Crippen molar-refractivity contribution in [3.63, 3.8) is 0 Å². The van der Waals surface area contributed by atoms with Crippen LogP contribution >= 0.6 is 15.9 Å². The van der Waals surface area contributed by atoms with Gasteiger partial charge in [-0.3, -0.25) is 4.79 Å². The van der Waals surface area contributed by atoms with Gasteiger partial charge in [0.2, 0.25) is 0 Å². The normalized spacial score (nSPS) is 11.5. The van der Waals surface area contributed by atoms with Gasteiger partial charge in [-0.05, 0) is 50.2 Å².